The second-order valence-corrected chi connectivity index (χ2v) is 6.24. The van der Waals surface area contributed by atoms with Crippen molar-refractivity contribution in [2.45, 2.75) is 19.9 Å². The molecular weight excluding hydrogens is 336 g/mol. The van der Waals surface area contributed by atoms with E-state index in [-0.39, 0.29) is 18.3 Å². The van der Waals surface area contributed by atoms with Crippen molar-refractivity contribution in [1.82, 2.24) is 4.90 Å². The zero-order chi connectivity index (χ0) is 17.5. The van der Waals surface area contributed by atoms with Crippen LogP contribution in [0.3, 0.4) is 0 Å². The van der Waals surface area contributed by atoms with Crippen molar-refractivity contribution in [2.75, 3.05) is 20.7 Å². The van der Waals surface area contributed by atoms with Crippen LogP contribution < -0.4 is 10.5 Å². The largest absolute Gasteiger partial charge is 0.497 e. The van der Waals surface area contributed by atoms with Gasteiger partial charge in [-0.2, -0.15) is 0 Å². The van der Waals surface area contributed by atoms with Crippen molar-refractivity contribution in [3.8, 4) is 5.75 Å². The number of methoxy groups -OCH3 is 1. The monoisotopic (exact) mass is 362 g/mol. The Hall–Kier alpha value is -2.04. The Morgan fingerprint density at radius 2 is 1.64 bits per heavy atom. The van der Waals surface area contributed by atoms with Crippen LogP contribution in [0.2, 0.25) is 0 Å². The second kappa shape index (κ2) is 10.1. The Balaban J connectivity index is 0.00000312. The Kier molecular flexibility index (Phi) is 8.46. The number of rotatable bonds is 7. The molecule has 136 valence electrons. The van der Waals surface area contributed by atoms with E-state index in [4.69, 9.17) is 10.5 Å². The third kappa shape index (κ3) is 6.07. The lowest BCUT2D eigenvalue weighted by Crippen LogP contribution is -2.31. The van der Waals surface area contributed by atoms with Gasteiger partial charge in [-0.05, 0) is 47.7 Å². The highest BCUT2D eigenvalue weighted by Crippen LogP contribution is 2.16. The highest BCUT2D eigenvalue weighted by atomic mass is 35.5. The number of hydrogen-bond acceptors (Lipinski definition) is 3. The average Bonchev–Trinajstić information content (AvgIpc) is 2.61. The molecule has 1 atom stereocenters. The van der Waals surface area contributed by atoms with Crippen LogP contribution in [0.15, 0.2) is 48.5 Å². The van der Waals surface area contributed by atoms with E-state index in [2.05, 4.69) is 19.1 Å². The van der Waals surface area contributed by atoms with Gasteiger partial charge in [0, 0.05) is 25.7 Å². The van der Waals surface area contributed by atoms with Crippen LogP contribution in [0.1, 0.15) is 28.4 Å². The maximum absolute atomic E-state index is 12.5. The molecule has 0 fully saturated rings. The summed E-state index contributed by atoms with van der Waals surface area (Å²) in [6, 6.07) is 15.6. The molecule has 1 unspecified atom stereocenters. The Morgan fingerprint density at radius 1 is 1.08 bits per heavy atom. The molecule has 0 spiro atoms. The fraction of sp³-hybridized carbons (Fsp3) is 0.350. The van der Waals surface area contributed by atoms with E-state index >= 15 is 0 Å². The van der Waals surface area contributed by atoms with Crippen LogP contribution in [0.25, 0.3) is 0 Å². The highest BCUT2D eigenvalue weighted by Gasteiger charge is 2.15. The van der Waals surface area contributed by atoms with Crippen LogP contribution in [0.5, 0.6) is 5.75 Å². The molecule has 25 heavy (non-hydrogen) atoms. The Labute approximate surface area is 156 Å². The SMILES string of the molecule is COc1ccc(CC(C)CN(C)C(=O)c2ccc(CN)cc2)cc1.Cl. The summed E-state index contributed by atoms with van der Waals surface area (Å²) in [6.07, 6.45) is 0.924. The lowest BCUT2D eigenvalue weighted by molar-refractivity contribution is 0.0775. The summed E-state index contributed by atoms with van der Waals surface area (Å²) in [7, 11) is 3.52. The summed E-state index contributed by atoms with van der Waals surface area (Å²) in [6.45, 7) is 3.36. The van der Waals surface area contributed by atoms with Gasteiger partial charge in [0.05, 0.1) is 7.11 Å². The van der Waals surface area contributed by atoms with E-state index in [0.717, 1.165) is 17.7 Å². The number of carbonyl (C=O) groups is 1. The summed E-state index contributed by atoms with van der Waals surface area (Å²) >= 11 is 0. The number of halogens is 1. The first-order chi connectivity index (χ1) is 11.5. The zero-order valence-corrected chi connectivity index (χ0v) is 15.9. The van der Waals surface area contributed by atoms with Crippen molar-refractivity contribution in [2.24, 2.45) is 11.7 Å². The van der Waals surface area contributed by atoms with E-state index in [9.17, 15) is 4.79 Å². The van der Waals surface area contributed by atoms with Gasteiger partial charge in [0.1, 0.15) is 5.75 Å². The standard InChI is InChI=1S/C20H26N2O2.ClH/c1-15(12-16-6-10-19(24-3)11-7-16)14-22(2)20(23)18-8-4-17(13-21)5-9-18;/h4-11,15H,12-14,21H2,1-3H3;1H. The Bertz CT molecular complexity index is 656. The molecule has 0 heterocycles. The van der Waals surface area contributed by atoms with Gasteiger partial charge >= 0.3 is 0 Å². The first kappa shape index (κ1) is 21.0. The third-order valence-corrected chi connectivity index (χ3v) is 4.11. The maximum atomic E-state index is 12.5. The fourth-order valence-corrected chi connectivity index (χ4v) is 2.78. The molecule has 2 rings (SSSR count). The van der Waals surface area contributed by atoms with Gasteiger partial charge in [-0.1, -0.05) is 31.2 Å². The average molecular weight is 363 g/mol. The molecule has 2 N–H and O–H groups in total. The molecule has 0 aliphatic rings. The van der Waals surface area contributed by atoms with Gasteiger partial charge in [-0.25, -0.2) is 0 Å². The quantitative estimate of drug-likeness (QED) is 0.819. The van der Waals surface area contributed by atoms with Crippen molar-refractivity contribution in [3.63, 3.8) is 0 Å². The minimum absolute atomic E-state index is 0. The molecule has 0 saturated heterocycles. The first-order valence-corrected chi connectivity index (χ1v) is 8.21. The van der Waals surface area contributed by atoms with Gasteiger partial charge in [-0.15, -0.1) is 12.4 Å². The summed E-state index contributed by atoms with van der Waals surface area (Å²) < 4.78 is 5.17. The molecule has 5 heteroatoms. The minimum atomic E-state index is 0. The van der Waals surface area contributed by atoms with Gasteiger partial charge in [0.2, 0.25) is 0 Å². The minimum Gasteiger partial charge on any atom is -0.497 e. The van der Waals surface area contributed by atoms with Gasteiger partial charge < -0.3 is 15.4 Å². The highest BCUT2D eigenvalue weighted by molar-refractivity contribution is 5.94. The van der Waals surface area contributed by atoms with Crippen LogP contribution >= 0.6 is 12.4 Å². The summed E-state index contributed by atoms with van der Waals surface area (Å²) in [5.41, 5.74) is 8.57. The number of nitrogens with two attached hydrogens (primary N) is 1. The third-order valence-electron chi connectivity index (χ3n) is 4.11. The molecule has 0 aromatic heterocycles. The number of carbonyl (C=O) groups excluding carboxylic acids is 1. The van der Waals surface area contributed by atoms with Crippen molar-refractivity contribution < 1.29 is 9.53 Å². The number of nitrogens with zero attached hydrogens (tertiary/aromatic N) is 1. The smallest absolute Gasteiger partial charge is 0.253 e. The molecular formula is C20H27ClN2O2. The number of hydrogen-bond donors (Lipinski definition) is 1. The summed E-state index contributed by atoms with van der Waals surface area (Å²) in [5, 5.41) is 0. The molecule has 0 radical (unpaired) electrons. The van der Waals surface area contributed by atoms with E-state index in [1.807, 2.05) is 43.4 Å². The fourth-order valence-electron chi connectivity index (χ4n) is 2.78. The molecule has 1 amide bonds. The van der Waals surface area contributed by atoms with Crippen LogP contribution in [0, 0.1) is 5.92 Å². The van der Waals surface area contributed by atoms with E-state index in [1.165, 1.54) is 5.56 Å². The van der Waals surface area contributed by atoms with E-state index in [1.54, 1.807) is 12.0 Å². The molecule has 0 aliphatic carbocycles. The molecule has 0 aliphatic heterocycles. The molecule has 4 nitrogen and oxygen atoms in total. The van der Waals surface area contributed by atoms with Gasteiger partial charge in [0.15, 0.2) is 0 Å². The van der Waals surface area contributed by atoms with Crippen LogP contribution in [0.4, 0.5) is 0 Å². The molecule has 2 aromatic rings. The molecule has 2 aromatic carbocycles. The lowest BCUT2D eigenvalue weighted by Gasteiger charge is -2.22. The van der Waals surface area contributed by atoms with Crippen molar-refractivity contribution in [1.29, 1.82) is 0 Å². The Morgan fingerprint density at radius 3 is 2.16 bits per heavy atom. The summed E-state index contributed by atoms with van der Waals surface area (Å²) in [4.78, 5) is 14.3. The van der Waals surface area contributed by atoms with Crippen LogP contribution in [-0.2, 0) is 13.0 Å². The van der Waals surface area contributed by atoms with E-state index in [0.29, 0.717) is 24.6 Å². The van der Waals surface area contributed by atoms with Gasteiger partial charge in [-0.3, -0.25) is 4.79 Å². The second-order valence-electron chi connectivity index (χ2n) is 6.24. The van der Waals surface area contributed by atoms with Gasteiger partial charge in [0.25, 0.3) is 5.91 Å². The number of ether oxygens (including phenoxy) is 1. The lowest BCUT2D eigenvalue weighted by atomic mass is 10.0. The molecule has 0 bridgehead atoms. The summed E-state index contributed by atoms with van der Waals surface area (Å²) in [5.74, 6) is 1.27. The van der Waals surface area contributed by atoms with Crippen molar-refractivity contribution in [3.05, 3.63) is 65.2 Å². The predicted octanol–water partition coefficient (Wildman–Crippen LogP) is 3.53. The normalized spacial score (nSPS) is 11.4. The predicted molar refractivity (Wildman–Crippen MR) is 104 cm³/mol. The van der Waals surface area contributed by atoms with Crippen molar-refractivity contribution >= 4 is 18.3 Å². The number of benzene rings is 2. The van der Waals surface area contributed by atoms with E-state index < -0.39 is 0 Å². The molecule has 0 saturated carbocycles. The first-order valence-electron chi connectivity index (χ1n) is 8.21. The topological polar surface area (TPSA) is 55.6 Å². The van der Waals surface area contributed by atoms with Crippen LogP contribution in [-0.4, -0.2) is 31.5 Å². The number of amides is 1. The zero-order valence-electron chi connectivity index (χ0n) is 15.1. The maximum Gasteiger partial charge on any atom is 0.253 e.